The molecule has 0 aliphatic rings. The number of aliphatic hydroxyl groups is 1. The molecule has 1 unspecified atom stereocenters. The van der Waals surface area contributed by atoms with E-state index in [0.717, 1.165) is 16.7 Å². The molecule has 1 heterocycles. The average molecular weight is 289 g/mol. The van der Waals surface area contributed by atoms with Gasteiger partial charge in [0.25, 0.3) is 0 Å². The summed E-state index contributed by atoms with van der Waals surface area (Å²) in [5.74, 6) is 6.53. The summed E-state index contributed by atoms with van der Waals surface area (Å²) in [6, 6.07) is 7.85. The summed E-state index contributed by atoms with van der Waals surface area (Å²) in [7, 11) is 0. The summed E-state index contributed by atoms with van der Waals surface area (Å²) in [5.41, 5.74) is 3.30. The number of nitrogens with two attached hydrogens (primary N) is 1. The SMILES string of the molecule is CC(C)(C)C(CCO)Nc1nc(NN)nc2ccccc12. The molecule has 2 rings (SSSR count). The second-order valence-corrected chi connectivity index (χ2v) is 6.13. The Bertz CT molecular complexity index is 609. The van der Waals surface area contributed by atoms with Crippen molar-refractivity contribution in [3.63, 3.8) is 0 Å². The third-order valence-corrected chi connectivity index (χ3v) is 3.51. The van der Waals surface area contributed by atoms with Gasteiger partial charge >= 0.3 is 0 Å². The van der Waals surface area contributed by atoms with Gasteiger partial charge in [-0.3, -0.25) is 5.43 Å². The number of benzene rings is 1. The van der Waals surface area contributed by atoms with Gasteiger partial charge in [-0.25, -0.2) is 10.8 Å². The molecule has 6 nitrogen and oxygen atoms in total. The Morgan fingerprint density at radius 2 is 1.95 bits per heavy atom. The number of hydrogen-bond donors (Lipinski definition) is 4. The fraction of sp³-hybridized carbons (Fsp3) is 0.467. The summed E-state index contributed by atoms with van der Waals surface area (Å²) in [5, 5.41) is 13.7. The van der Waals surface area contributed by atoms with E-state index in [4.69, 9.17) is 5.84 Å². The summed E-state index contributed by atoms with van der Waals surface area (Å²) < 4.78 is 0. The normalized spacial score (nSPS) is 13.2. The van der Waals surface area contributed by atoms with E-state index in [2.05, 4.69) is 41.5 Å². The molecule has 5 N–H and O–H groups in total. The number of nitrogens with zero attached hydrogens (tertiary/aromatic N) is 2. The van der Waals surface area contributed by atoms with Crippen LogP contribution in [0, 0.1) is 5.41 Å². The Morgan fingerprint density at radius 3 is 2.57 bits per heavy atom. The van der Waals surface area contributed by atoms with Crippen LogP contribution in [0.15, 0.2) is 24.3 Å². The van der Waals surface area contributed by atoms with Crippen molar-refractivity contribution in [1.82, 2.24) is 9.97 Å². The number of para-hydroxylation sites is 1. The first kappa shape index (κ1) is 15.5. The van der Waals surface area contributed by atoms with Crippen LogP contribution in [0.2, 0.25) is 0 Å². The van der Waals surface area contributed by atoms with E-state index in [9.17, 15) is 5.11 Å². The molecule has 2 aromatic rings. The van der Waals surface area contributed by atoms with Crippen molar-refractivity contribution in [2.75, 3.05) is 17.3 Å². The first-order valence-electron chi connectivity index (χ1n) is 7.06. The predicted octanol–water partition coefficient (Wildman–Crippen LogP) is 2.12. The molecule has 0 aliphatic heterocycles. The number of hydrazine groups is 1. The molecule has 0 spiro atoms. The monoisotopic (exact) mass is 289 g/mol. The van der Waals surface area contributed by atoms with Gasteiger partial charge in [0.15, 0.2) is 0 Å². The standard InChI is InChI=1S/C15H23N5O/c1-15(2,3)12(8-9-21)18-13-10-6-4-5-7-11(10)17-14(19-13)20-16/h4-7,12,21H,8-9,16H2,1-3H3,(H2,17,18,19,20). The second-order valence-electron chi connectivity index (χ2n) is 6.13. The van der Waals surface area contributed by atoms with Crippen LogP contribution in [0.3, 0.4) is 0 Å². The Hall–Kier alpha value is -1.92. The number of aromatic nitrogens is 2. The van der Waals surface area contributed by atoms with Crippen LogP contribution in [0.25, 0.3) is 10.9 Å². The third kappa shape index (κ3) is 3.59. The molecule has 1 atom stereocenters. The lowest BCUT2D eigenvalue weighted by molar-refractivity contribution is 0.235. The maximum atomic E-state index is 9.29. The quantitative estimate of drug-likeness (QED) is 0.497. The smallest absolute Gasteiger partial charge is 0.239 e. The summed E-state index contributed by atoms with van der Waals surface area (Å²) in [4.78, 5) is 8.75. The van der Waals surface area contributed by atoms with Gasteiger partial charge in [-0.05, 0) is 24.0 Å². The zero-order valence-electron chi connectivity index (χ0n) is 12.7. The predicted molar refractivity (Wildman–Crippen MR) is 85.9 cm³/mol. The Labute approximate surface area is 124 Å². The Balaban J connectivity index is 2.44. The highest BCUT2D eigenvalue weighted by atomic mass is 16.3. The van der Waals surface area contributed by atoms with Crippen LogP contribution in [-0.4, -0.2) is 27.7 Å². The lowest BCUT2D eigenvalue weighted by Crippen LogP contribution is -2.35. The number of anilines is 2. The molecule has 0 bridgehead atoms. The van der Waals surface area contributed by atoms with E-state index in [1.807, 2.05) is 24.3 Å². The number of nitrogens with one attached hydrogen (secondary N) is 2. The molecule has 0 aliphatic carbocycles. The van der Waals surface area contributed by atoms with Gasteiger partial charge < -0.3 is 10.4 Å². The highest BCUT2D eigenvalue weighted by Crippen LogP contribution is 2.28. The van der Waals surface area contributed by atoms with Crippen LogP contribution in [0.1, 0.15) is 27.2 Å². The van der Waals surface area contributed by atoms with Crippen molar-refractivity contribution in [1.29, 1.82) is 0 Å². The summed E-state index contributed by atoms with van der Waals surface area (Å²) in [6.07, 6.45) is 0.646. The van der Waals surface area contributed by atoms with Crippen molar-refractivity contribution in [3.8, 4) is 0 Å². The van der Waals surface area contributed by atoms with E-state index >= 15 is 0 Å². The van der Waals surface area contributed by atoms with Crippen LogP contribution >= 0.6 is 0 Å². The summed E-state index contributed by atoms with van der Waals surface area (Å²) >= 11 is 0. The molecule has 0 fully saturated rings. The van der Waals surface area contributed by atoms with E-state index in [0.29, 0.717) is 12.4 Å². The topological polar surface area (TPSA) is 96.1 Å². The Kier molecular flexibility index (Phi) is 4.59. The third-order valence-electron chi connectivity index (χ3n) is 3.51. The van der Waals surface area contributed by atoms with Gasteiger partial charge in [0.2, 0.25) is 5.95 Å². The molecule has 1 aromatic carbocycles. The molecule has 6 heteroatoms. The molecule has 0 saturated carbocycles. The largest absolute Gasteiger partial charge is 0.396 e. The van der Waals surface area contributed by atoms with Crippen LogP contribution in [0.5, 0.6) is 0 Å². The number of hydrogen-bond acceptors (Lipinski definition) is 6. The maximum absolute atomic E-state index is 9.29. The van der Waals surface area contributed by atoms with Crippen LogP contribution < -0.4 is 16.6 Å². The molecular formula is C15H23N5O. The number of fused-ring (bicyclic) bond motifs is 1. The molecule has 114 valence electrons. The van der Waals surface area contributed by atoms with E-state index in [1.165, 1.54) is 0 Å². The van der Waals surface area contributed by atoms with Gasteiger partial charge in [0.05, 0.1) is 5.52 Å². The molecule has 0 amide bonds. The van der Waals surface area contributed by atoms with Crippen molar-refractivity contribution >= 4 is 22.7 Å². The minimum Gasteiger partial charge on any atom is -0.396 e. The number of nitrogen functional groups attached to an aromatic ring is 1. The van der Waals surface area contributed by atoms with E-state index < -0.39 is 0 Å². The van der Waals surface area contributed by atoms with Crippen LogP contribution in [-0.2, 0) is 0 Å². The zero-order chi connectivity index (χ0) is 15.5. The fourth-order valence-corrected chi connectivity index (χ4v) is 2.27. The van der Waals surface area contributed by atoms with Gasteiger partial charge in [0, 0.05) is 18.0 Å². The van der Waals surface area contributed by atoms with Crippen molar-refractivity contribution in [2.24, 2.45) is 11.3 Å². The Morgan fingerprint density at radius 1 is 1.24 bits per heavy atom. The minimum absolute atomic E-state index is 0.00884. The molecule has 0 radical (unpaired) electrons. The van der Waals surface area contributed by atoms with Crippen LogP contribution in [0.4, 0.5) is 11.8 Å². The maximum Gasteiger partial charge on any atom is 0.239 e. The second kappa shape index (κ2) is 6.24. The fourth-order valence-electron chi connectivity index (χ4n) is 2.27. The minimum atomic E-state index is -0.00884. The van der Waals surface area contributed by atoms with Gasteiger partial charge in [0.1, 0.15) is 5.82 Å². The van der Waals surface area contributed by atoms with Gasteiger partial charge in [-0.2, -0.15) is 4.98 Å². The van der Waals surface area contributed by atoms with Crippen molar-refractivity contribution < 1.29 is 5.11 Å². The van der Waals surface area contributed by atoms with Gasteiger partial charge in [-0.1, -0.05) is 32.9 Å². The zero-order valence-corrected chi connectivity index (χ0v) is 12.7. The number of rotatable bonds is 5. The van der Waals surface area contributed by atoms with Gasteiger partial charge in [-0.15, -0.1) is 0 Å². The molecule has 21 heavy (non-hydrogen) atoms. The molecule has 0 saturated heterocycles. The first-order valence-corrected chi connectivity index (χ1v) is 7.06. The lowest BCUT2D eigenvalue weighted by atomic mass is 9.85. The first-order chi connectivity index (χ1) is 9.95. The number of aliphatic hydroxyl groups excluding tert-OH is 1. The van der Waals surface area contributed by atoms with E-state index in [-0.39, 0.29) is 18.1 Å². The highest BCUT2D eigenvalue weighted by Gasteiger charge is 2.25. The average Bonchev–Trinajstić information content (AvgIpc) is 2.45. The highest BCUT2D eigenvalue weighted by molar-refractivity contribution is 5.90. The van der Waals surface area contributed by atoms with Crippen molar-refractivity contribution in [2.45, 2.75) is 33.2 Å². The lowest BCUT2D eigenvalue weighted by Gasteiger charge is -2.32. The molecular weight excluding hydrogens is 266 g/mol. The molecule has 1 aromatic heterocycles. The van der Waals surface area contributed by atoms with E-state index in [1.54, 1.807) is 0 Å². The summed E-state index contributed by atoms with van der Waals surface area (Å²) in [6.45, 7) is 6.52. The van der Waals surface area contributed by atoms with Crippen molar-refractivity contribution in [3.05, 3.63) is 24.3 Å².